The molecule has 2 rings (SSSR count). The number of rotatable bonds is 3. The van der Waals surface area contributed by atoms with Crippen LogP contribution in [-0.2, 0) is 0 Å². The average molecular weight is 268 g/mol. The molecule has 0 heterocycles. The van der Waals surface area contributed by atoms with Crippen LogP contribution in [0, 0.1) is 11.6 Å². The molecule has 0 aliphatic carbocycles. The van der Waals surface area contributed by atoms with E-state index in [1.807, 2.05) is 6.92 Å². The molecular formula is C14H12ClF2N. The van der Waals surface area contributed by atoms with Gasteiger partial charge in [-0.05, 0) is 42.8 Å². The van der Waals surface area contributed by atoms with E-state index in [0.717, 1.165) is 5.56 Å². The van der Waals surface area contributed by atoms with Gasteiger partial charge in [0.25, 0.3) is 0 Å². The lowest BCUT2D eigenvalue weighted by Crippen LogP contribution is -2.07. The number of halogens is 3. The van der Waals surface area contributed by atoms with Crippen LogP contribution in [0.25, 0.3) is 0 Å². The van der Waals surface area contributed by atoms with Crippen molar-refractivity contribution in [3.05, 3.63) is 64.7 Å². The summed E-state index contributed by atoms with van der Waals surface area (Å²) in [4.78, 5) is 0. The lowest BCUT2D eigenvalue weighted by molar-refractivity contribution is 0.626. The van der Waals surface area contributed by atoms with E-state index in [-0.39, 0.29) is 17.7 Å². The van der Waals surface area contributed by atoms with Gasteiger partial charge in [-0.25, -0.2) is 8.78 Å². The molecule has 1 unspecified atom stereocenters. The van der Waals surface area contributed by atoms with Gasteiger partial charge < -0.3 is 5.32 Å². The molecule has 0 amide bonds. The minimum absolute atomic E-state index is 0.0476. The maximum Gasteiger partial charge on any atom is 0.124 e. The van der Waals surface area contributed by atoms with Crippen LogP contribution in [-0.4, -0.2) is 0 Å². The summed E-state index contributed by atoms with van der Waals surface area (Å²) in [7, 11) is 0. The van der Waals surface area contributed by atoms with Crippen molar-refractivity contribution in [2.45, 2.75) is 13.0 Å². The van der Waals surface area contributed by atoms with Crippen molar-refractivity contribution in [3.8, 4) is 0 Å². The Kier molecular flexibility index (Phi) is 3.82. The van der Waals surface area contributed by atoms with Crippen LogP contribution in [0.5, 0.6) is 0 Å². The van der Waals surface area contributed by atoms with Crippen LogP contribution in [0.2, 0.25) is 5.02 Å². The predicted octanol–water partition coefficient (Wildman–Crippen LogP) is 4.79. The Hall–Kier alpha value is -1.61. The normalized spacial score (nSPS) is 12.2. The molecule has 0 bridgehead atoms. The molecule has 0 spiro atoms. The molecule has 1 atom stereocenters. The molecule has 0 radical (unpaired) electrons. The quantitative estimate of drug-likeness (QED) is 0.843. The maximum absolute atomic E-state index is 12.9. The first-order valence-corrected chi connectivity index (χ1v) is 5.91. The van der Waals surface area contributed by atoms with Crippen molar-refractivity contribution >= 4 is 17.3 Å². The summed E-state index contributed by atoms with van der Waals surface area (Å²) < 4.78 is 25.7. The van der Waals surface area contributed by atoms with Gasteiger partial charge in [0, 0.05) is 6.04 Å². The van der Waals surface area contributed by atoms with Gasteiger partial charge in [-0.1, -0.05) is 23.7 Å². The smallest absolute Gasteiger partial charge is 0.124 e. The SMILES string of the molecule is CC(Nc1ccc(F)cc1Cl)c1ccc(F)cc1. The Morgan fingerprint density at radius 3 is 2.22 bits per heavy atom. The Balaban J connectivity index is 2.15. The van der Waals surface area contributed by atoms with Gasteiger partial charge in [0.15, 0.2) is 0 Å². The Labute approximate surface area is 109 Å². The van der Waals surface area contributed by atoms with Gasteiger partial charge in [0.2, 0.25) is 0 Å². The van der Waals surface area contributed by atoms with Gasteiger partial charge in [-0.15, -0.1) is 0 Å². The summed E-state index contributed by atoms with van der Waals surface area (Å²) in [5.41, 5.74) is 1.58. The zero-order chi connectivity index (χ0) is 13.1. The Morgan fingerprint density at radius 1 is 1.00 bits per heavy atom. The monoisotopic (exact) mass is 267 g/mol. The fraction of sp³-hybridized carbons (Fsp3) is 0.143. The summed E-state index contributed by atoms with van der Waals surface area (Å²) in [6.45, 7) is 1.92. The minimum Gasteiger partial charge on any atom is -0.377 e. The third-order valence-electron chi connectivity index (χ3n) is 2.67. The first-order chi connectivity index (χ1) is 8.56. The highest BCUT2D eigenvalue weighted by Crippen LogP contribution is 2.26. The number of anilines is 1. The van der Waals surface area contributed by atoms with E-state index in [9.17, 15) is 8.78 Å². The van der Waals surface area contributed by atoms with Crippen molar-refractivity contribution in [2.75, 3.05) is 5.32 Å². The van der Waals surface area contributed by atoms with Crippen LogP contribution in [0.15, 0.2) is 42.5 Å². The lowest BCUT2D eigenvalue weighted by Gasteiger charge is -2.16. The molecule has 2 aromatic carbocycles. The fourth-order valence-electron chi connectivity index (χ4n) is 1.67. The second-order valence-corrected chi connectivity index (χ2v) is 4.45. The molecule has 0 saturated heterocycles. The molecule has 1 nitrogen and oxygen atoms in total. The number of nitrogens with one attached hydrogen (secondary N) is 1. The third kappa shape index (κ3) is 2.99. The van der Waals surface area contributed by atoms with Crippen LogP contribution in [0.3, 0.4) is 0 Å². The van der Waals surface area contributed by atoms with Gasteiger partial charge in [0.05, 0.1) is 10.7 Å². The van der Waals surface area contributed by atoms with E-state index in [1.54, 1.807) is 18.2 Å². The standard InChI is InChI=1S/C14H12ClF2N/c1-9(10-2-4-11(16)5-3-10)18-14-7-6-12(17)8-13(14)15/h2-9,18H,1H3. The predicted molar refractivity (Wildman–Crippen MR) is 69.8 cm³/mol. The van der Waals surface area contributed by atoms with Gasteiger partial charge in [-0.3, -0.25) is 0 Å². The first kappa shape index (κ1) is 12.8. The molecule has 2 aromatic rings. The van der Waals surface area contributed by atoms with Crippen molar-refractivity contribution in [1.82, 2.24) is 0 Å². The molecule has 0 aliphatic rings. The van der Waals surface area contributed by atoms with E-state index in [1.165, 1.54) is 24.3 Å². The van der Waals surface area contributed by atoms with Gasteiger partial charge in [-0.2, -0.15) is 0 Å². The molecule has 0 aliphatic heterocycles. The van der Waals surface area contributed by atoms with E-state index in [2.05, 4.69) is 5.32 Å². The zero-order valence-electron chi connectivity index (χ0n) is 9.75. The molecule has 4 heteroatoms. The zero-order valence-corrected chi connectivity index (χ0v) is 10.5. The summed E-state index contributed by atoms with van der Waals surface area (Å²) in [5, 5.41) is 3.48. The highest BCUT2D eigenvalue weighted by molar-refractivity contribution is 6.33. The summed E-state index contributed by atoms with van der Waals surface area (Å²) >= 11 is 5.92. The highest BCUT2D eigenvalue weighted by atomic mass is 35.5. The average Bonchev–Trinajstić information content (AvgIpc) is 2.33. The van der Waals surface area contributed by atoms with Crippen molar-refractivity contribution in [2.24, 2.45) is 0 Å². The van der Waals surface area contributed by atoms with E-state index in [0.29, 0.717) is 10.7 Å². The Morgan fingerprint density at radius 2 is 1.61 bits per heavy atom. The van der Waals surface area contributed by atoms with E-state index in [4.69, 9.17) is 11.6 Å². The largest absolute Gasteiger partial charge is 0.377 e. The van der Waals surface area contributed by atoms with Crippen LogP contribution in [0.1, 0.15) is 18.5 Å². The molecule has 1 N–H and O–H groups in total. The van der Waals surface area contributed by atoms with Crippen molar-refractivity contribution < 1.29 is 8.78 Å². The fourth-order valence-corrected chi connectivity index (χ4v) is 1.90. The molecule has 18 heavy (non-hydrogen) atoms. The van der Waals surface area contributed by atoms with Crippen molar-refractivity contribution in [1.29, 1.82) is 0 Å². The summed E-state index contributed by atoms with van der Waals surface area (Å²) in [6, 6.07) is 10.3. The maximum atomic E-state index is 12.9. The molecule has 0 saturated carbocycles. The van der Waals surface area contributed by atoms with E-state index >= 15 is 0 Å². The molecule has 94 valence electrons. The second-order valence-electron chi connectivity index (χ2n) is 4.04. The van der Waals surface area contributed by atoms with E-state index < -0.39 is 0 Å². The second kappa shape index (κ2) is 5.36. The molecule has 0 aromatic heterocycles. The highest BCUT2D eigenvalue weighted by Gasteiger charge is 2.08. The summed E-state index contributed by atoms with van der Waals surface area (Å²) in [5.74, 6) is -0.647. The first-order valence-electron chi connectivity index (χ1n) is 5.53. The lowest BCUT2D eigenvalue weighted by atomic mass is 10.1. The van der Waals surface area contributed by atoms with Gasteiger partial charge in [0.1, 0.15) is 11.6 Å². The third-order valence-corrected chi connectivity index (χ3v) is 2.99. The Bertz CT molecular complexity index is 540. The van der Waals surface area contributed by atoms with Crippen LogP contribution < -0.4 is 5.32 Å². The van der Waals surface area contributed by atoms with Crippen molar-refractivity contribution in [3.63, 3.8) is 0 Å². The van der Waals surface area contributed by atoms with Crippen LogP contribution >= 0.6 is 11.6 Å². The van der Waals surface area contributed by atoms with Gasteiger partial charge >= 0.3 is 0 Å². The topological polar surface area (TPSA) is 12.0 Å². The number of benzene rings is 2. The minimum atomic E-state index is -0.375. The van der Waals surface area contributed by atoms with Crippen LogP contribution in [0.4, 0.5) is 14.5 Å². The summed E-state index contributed by atoms with van der Waals surface area (Å²) in [6.07, 6.45) is 0. The number of hydrogen-bond acceptors (Lipinski definition) is 1. The number of hydrogen-bond donors (Lipinski definition) is 1. The molecular weight excluding hydrogens is 256 g/mol. The molecule has 0 fully saturated rings.